The highest BCUT2D eigenvalue weighted by molar-refractivity contribution is 5.78. The molecule has 0 spiro atoms. The molecular weight excluding hydrogens is 212 g/mol. The second-order valence-corrected chi connectivity index (χ2v) is 3.88. The molecule has 0 saturated carbocycles. The smallest absolute Gasteiger partial charge is 0.0705 e. The second-order valence-electron chi connectivity index (χ2n) is 3.88. The van der Waals surface area contributed by atoms with E-state index in [0.29, 0.717) is 6.67 Å². The predicted molar refractivity (Wildman–Crippen MR) is 70.5 cm³/mol. The molecule has 1 aromatic carbocycles. The Labute approximate surface area is 101 Å². The summed E-state index contributed by atoms with van der Waals surface area (Å²) in [6, 6.07) is 12.3. The first-order valence-corrected chi connectivity index (χ1v) is 5.86. The highest BCUT2D eigenvalue weighted by Crippen LogP contribution is 2.11. The van der Waals surface area contributed by atoms with Crippen molar-refractivity contribution in [3.05, 3.63) is 42.1 Å². The van der Waals surface area contributed by atoms with Crippen molar-refractivity contribution in [2.45, 2.75) is 6.54 Å². The normalized spacial score (nSPS) is 10.9. The number of para-hydroxylation sites is 1. The highest BCUT2D eigenvalue weighted by atomic mass is 15.0. The van der Waals surface area contributed by atoms with E-state index in [1.807, 2.05) is 18.2 Å². The number of fused-ring (bicyclic) bond motifs is 1. The first kappa shape index (κ1) is 12.0. The van der Waals surface area contributed by atoms with Gasteiger partial charge in [-0.1, -0.05) is 24.3 Å². The summed E-state index contributed by atoms with van der Waals surface area (Å²) in [6.45, 7) is 3.09. The largest absolute Gasteiger partial charge is 0.318 e. The molecule has 4 N–H and O–H groups in total. The van der Waals surface area contributed by atoms with Crippen molar-refractivity contribution in [2.24, 2.45) is 5.73 Å². The summed E-state index contributed by atoms with van der Waals surface area (Å²) in [5.41, 5.74) is 7.45. The number of aromatic nitrogens is 1. The minimum absolute atomic E-state index is 0.524. The average molecular weight is 230 g/mol. The van der Waals surface area contributed by atoms with Crippen LogP contribution in [0, 0.1) is 0 Å². The molecule has 0 fully saturated rings. The van der Waals surface area contributed by atoms with Crippen molar-refractivity contribution < 1.29 is 0 Å². The summed E-state index contributed by atoms with van der Waals surface area (Å²) in [5.74, 6) is 0. The summed E-state index contributed by atoms with van der Waals surface area (Å²) in [5, 5.41) is 7.56. The first-order chi connectivity index (χ1) is 8.40. The van der Waals surface area contributed by atoms with E-state index < -0.39 is 0 Å². The van der Waals surface area contributed by atoms with Gasteiger partial charge in [-0.05, 0) is 12.1 Å². The lowest BCUT2D eigenvalue weighted by Crippen LogP contribution is -2.30. The van der Waals surface area contributed by atoms with E-state index in [-0.39, 0.29) is 0 Å². The molecule has 0 unspecified atom stereocenters. The maximum absolute atomic E-state index is 5.33. The molecular formula is C13H18N4. The molecule has 2 aromatic rings. The van der Waals surface area contributed by atoms with E-state index in [1.54, 1.807) is 0 Å². The molecule has 0 radical (unpaired) electrons. The summed E-state index contributed by atoms with van der Waals surface area (Å²) in [4.78, 5) is 4.59. The molecule has 0 aliphatic rings. The van der Waals surface area contributed by atoms with Gasteiger partial charge in [-0.25, -0.2) is 0 Å². The number of nitrogens with one attached hydrogen (secondary N) is 2. The Balaban J connectivity index is 1.90. The Morgan fingerprint density at radius 1 is 1.00 bits per heavy atom. The van der Waals surface area contributed by atoms with Gasteiger partial charge < -0.3 is 16.4 Å². The minimum Gasteiger partial charge on any atom is -0.318 e. The zero-order valence-electron chi connectivity index (χ0n) is 9.82. The van der Waals surface area contributed by atoms with Gasteiger partial charge in [0, 0.05) is 31.7 Å². The maximum Gasteiger partial charge on any atom is 0.0705 e. The van der Waals surface area contributed by atoms with Crippen molar-refractivity contribution in [1.29, 1.82) is 0 Å². The van der Waals surface area contributed by atoms with Crippen LogP contribution in [-0.4, -0.2) is 24.7 Å². The zero-order chi connectivity index (χ0) is 11.9. The Bertz CT molecular complexity index is 470. The van der Waals surface area contributed by atoms with E-state index >= 15 is 0 Å². The fourth-order valence-electron chi connectivity index (χ4n) is 1.70. The van der Waals surface area contributed by atoms with Gasteiger partial charge in [0.05, 0.1) is 11.2 Å². The van der Waals surface area contributed by atoms with Crippen molar-refractivity contribution in [3.8, 4) is 0 Å². The summed E-state index contributed by atoms with van der Waals surface area (Å²) < 4.78 is 0. The predicted octanol–water partition coefficient (Wildman–Crippen LogP) is 0.830. The van der Waals surface area contributed by atoms with Crippen LogP contribution < -0.4 is 16.4 Å². The number of nitrogens with two attached hydrogens (primary N) is 1. The third kappa shape index (κ3) is 3.49. The lowest BCUT2D eigenvalue weighted by Gasteiger charge is -2.05. The second kappa shape index (κ2) is 6.30. The van der Waals surface area contributed by atoms with Crippen LogP contribution in [0.4, 0.5) is 0 Å². The van der Waals surface area contributed by atoms with Crippen molar-refractivity contribution in [3.63, 3.8) is 0 Å². The van der Waals surface area contributed by atoms with Crippen molar-refractivity contribution in [1.82, 2.24) is 15.6 Å². The van der Waals surface area contributed by atoms with Crippen LogP contribution in [0.2, 0.25) is 0 Å². The number of pyridine rings is 1. The van der Waals surface area contributed by atoms with Crippen LogP contribution in [0.3, 0.4) is 0 Å². The molecule has 17 heavy (non-hydrogen) atoms. The number of hydrogen-bond donors (Lipinski definition) is 3. The van der Waals surface area contributed by atoms with Gasteiger partial charge >= 0.3 is 0 Å². The molecule has 4 heteroatoms. The van der Waals surface area contributed by atoms with Crippen LogP contribution in [-0.2, 0) is 6.54 Å². The lowest BCUT2D eigenvalue weighted by molar-refractivity contribution is 0.614. The van der Waals surface area contributed by atoms with Gasteiger partial charge in [0.15, 0.2) is 0 Å². The standard InChI is InChI=1S/C13H18N4/c14-10-16-8-7-15-9-12-6-5-11-3-1-2-4-13(11)17-12/h1-6,15-16H,7-10,14H2. The Kier molecular flexibility index (Phi) is 4.44. The van der Waals surface area contributed by atoms with Gasteiger partial charge in [0.1, 0.15) is 0 Å². The molecule has 0 saturated heterocycles. The van der Waals surface area contributed by atoms with E-state index in [2.05, 4.69) is 33.8 Å². The Morgan fingerprint density at radius 3 is 2.71 bits per heavy atom. The van der Waals surface area contributed by atoms with E-state index in [0.717, 1.165) is 30.8 Å². The van der Waals surface area contributed by atoms with Crippen LogP contribution in [0.15, 0.2) is 36.4 Å². The van der Waals surface area contributed by atoms with Crippen molar-refractivity contribution in [2.75, 3.05) is 19.8 Å². The fourth-order valence-corrected chi connectivity index (χ4v) is 1.70. The number of nitrogens with zero attached hydrogens (tertiary/aromatic N) is 1. The molecule has 1 heterocycles. The highest BCUT2D eigenvalue weighted by Gasteiger charge is 1.97. The monoisotopic (exact) mass is 230 g/mol. The average Bonchev–Trinajstić information content (AvgIpc) is 2.38. The quantitative estimate of drug-likeness (QED) is 0.508. The first-order valence-electron chi connectivity index (χ1n) is 5.86. The number of rotatable bonds is 6. The molecule has 4 nitrogen and oxygen atoms in total. The maximum atomic E-state index is 5.33. The zero-order valence-corrected chi connectivity index (χ0v) is 9.82. The van der Waals surface area contributed by atoms with Gasteiger partial charge in [-0.3, -0.25) is 4.98 Å². The van der Waals surface area contributed by atoms with Gasteiger partial charge in [-0.15, -0.1) is 0 Å². The molecule has 90 valence electrons. The Morgan fingerprint density at radius 2 is 1.82 bits per heavy atom. The minimum atomic E-state index is 0.524. The molecule has 0 aliphatic carbocycles. The molecule has 0 aliphatic heterocycles. The van der Waals surface area contributed by atoms with Gasteiger partial charge in [-0.2, -0.15) is 0 Å². The van der Waals surface area contributed by atoms with Gasteiger partial charge in [0.25, 0.3) is 0 Å². The SMILES string of the molecule is NCNCCNCc1ccc2ccccc2n1. The topological polar surface area (TPSA) is 63.0 Å². The third-order valence-corrected chi connectivity index (χ3v) is 2.59. The van der Waals surface area contributed by atoms with Crippen LogP contribution in [0.25, 0.3) is 10.9 Å². The number of hydrogen-bond acceptors (Lipinski definition) is 4. The van der Waals surface area contributed by atoms with Crippen LogP contribution in [0.1, 0.15) is 5.69 Å². The van der Waals surface area contributed by atoms with Gasteiger partial charge in [0.2, 0.25) is 0 Å². The van der Waals surface area contributed by atoms with Crippen molar-refractivity contribution >= 4 is 10.9 Å². The van der Waals surface area contributed by atoms with E-state index in [4.69, 9.17) is 5.73 Å². The molecule has 1 aromatic heterocycles. The lowest BCUT2D eigenvalue weighted by atomic mass is 10.2. The van der Waals surface area contributed by atoms with E-state index in [9.17, 15) is 0 Å². The molecule has 0 amide bonds. The number of benzene rings is 1. The van der Waals surface area contributed by atoms with Crippen LogP contribution >= 0.6 is 0 Å². The molecule has 0 atom stereocenters. The summed E-state index contributed by atoms with van der Waals surface area (Å²) >= 11 is 0. The molecule has 2 rings (SSSR count). The fraction of sp³-hybridized carbons (Fsp3) is 0.308. The Hall–Kier alpha value is -1.49. The molecule has 0 bridgehead atoms. The third-order valence-electron chi connectivity index (χ3n) is 2.59. The summed E-state index contributed by atoms with van der Waals surface area (Å²) in [6.07, 6.45) is 0. The van der Waals surface area contributed by atoms with Crippen LogP contribution in [0.5, 0.6) is 0 Å². The van der Waals surface area contributed by atoms with E-state index in [1.165, 1.54) is 5.39 Å². The summed E-state index contributed by atoms with van der Waals surface area (Å²) in [7, 11) is 0.